The number of nitrogens with zero attached hydrogens (tertiary/aromatic N) is 1. The van der Waals surface area contributed by atoms with Crippen LogP contribution < -0.4 is 16.2 Å². The van der Waals surface area contributed by atoms with E-state index in [1.54, 1.807) is 0 Å². The van der Waals surface area contributed by atoms with Crippen molar-refractivity contribution in [1.29, 1.82) is 0 Å². The van der Waals surface area contributed by atoms with Gasteiger partial charge in [0.25, 0.3) is 5.91 Å². The molecule has 0 radical (unpaired) electrons. The van der Waals surface area contributed by atoms with Gasteiger partial charge in [-0.1, -0.05) is 13.8 Å². The minimum Gasteiger partial charge on any atom is -0.474 e. The third kappa shape index (κ3) is 4.58. The Labute approximate surface area is 106 Å². The molecule has 0 atom stereocenters. The summed E-state index contributed by atoms with van der Waals surface area (Å²) < 4.78 is 10.7. The van der Waals surface area contributed by atoms with Crippen LogP contribution >= 0.6 is 0 Å². The van der Waals surface area contributed by atoms with E-state index in [1.807, 2.05) is 0 Å². The van der Waals surface area contributed by atoms with E-state index in [4.69, 9.17) is 20.9 Å². The van der Waals surface area contributed by atoms with Crippen LogP contribution in [0, 0.1) is 5.92 Å². The number of nitrogen functional groups attached to an aromatic ring is 1. The Hall–Kier alpha value is -1.82. The Bertz CT molecular complexity index is 408. The summed E-state index contributed by atoms with van der Waals surface area (Å²) >= 11 is 0. The minimum absolute atomic E-state index is 0.127. The van der Waals surface area contributed by atoms with Crippen molar-refractivity contribution in [3.63, 3.8) is 0 Å². The number of nitrogens with two attached hydrogens (primary N) is 2. The molecule has 1 aromatic heterocycles. The SMILES string of the molecule is CC(C)COCCOc1nc(C(N)=O)ccc1N. The summed E-state index contributed by atoms with van der Waals surface area (Å²) in [5.41, 5.74) is 11.3. The van der Waals surface area contributed by atoms with Gasteiger partial charge in [-0.2, -0.15) is 0 Å². The third-order valence-electron chi connectivity index (χ3n) is 2.06. The topological polar surface area (TPSA) is 100 Å². The van der Waals surface area contributed by atoms with Gasteiger partial charge in [0.15, 0.2) is 0 Å². The van der Waals surface area contributed by atoms with E-state index in [0.29, 0.717) is 31.4 Å². The standard InChI is InChI=1S/C12H19N3O3/c1-8(2)7-17-5-6-18-12-9(13)3-4-10(15-12)11(14)16/h3-4,8H,5-7,13H2,1-2H3,(H2,14,16). The number of amides is 1. The lowest BCUT2D eigenvalue weighted by Crippen LogP contribution is -2.15. The normalized spacial score (nSPS) is 10.6. The minimum atomic E-state index is -0.615. The predicted molar refractivity (Wildman–Crippen MR) is 68.3 cm³/mol. The second-order valence-corrected chi connectivity index (χ2v) is 4.27. The van der Waals surface area contributed by atoms with Gasteiger partial charge >= 0.3 is 0 Å². The van der Waals surface area contributed by atoms with E-state index in [1.165, 1.54) is 12.1 Å². The number of primary amides is 1. The van der Waals surface area contributed by atoms with Gasteiger partial charge in [0.2, 0.25) is 5.88 Å². The molecule has 1 rings (SSSR count). The van der Waals surface area contributed by atoms with E-state index in [9.17, 15) is 4.79 Å². The molecule has 0 spiro atoms. The predicted octanol–water partition coefficient (Wildman–Crippen LogP) is 0.814. The highest BCUT2D eigenvalue weighted by Gasteiger charge is 2.08. The Kier molecular flexibility index (Phi) is 5.38. The average molecular weight is 253 g/mol. The first kappa shape index (κ1) is 14.2. The van der Waals surface area contributed by atoms with Crippen molar-refractivity contribution < 1.29 is 14.3 Å². The fraction of sp³-hybridized carbons (Fsp3) is 0.500. The Morgan fingerprint density at radius 2 is 2.11 bits per heavy atom. The zero-order valence-electron chi connectivity index (χ0n) is 10.7. The summed E-state index contributed by atoms with van der Waals surface area (Å²) in [6, 6.07) is 3.00. The fourth-order valence-corrected chi connectivity index (χ4v) is 1.22. The van der Waals surface area contributed by atoms with Crippen LogP contribution in [0.4, 0.5) is 5.69 Å². The molecule has 0 aliphatic heterocycles. The third-order valence-corrected chi connectivity index (χ3v) is 2.06. The molecule has 100 valence electrons. The first-order valence-electron chi connectivity index (χ1n) is 5.77. The lowest BCUT2D eigenvalue weighted by atomic mass is 10.2. The summed E-state index contributed by atoms with van der Waals surface area (Å²) in [7, 11) is 0. The van der Waals surface area contributed by atoms with Gasteiger partial charge < -0.3 is 20.9 Å². The van der Waals surface area contributed by atoms with Crippen LogP contribution in [-0.4, -0.2) is 30.7 Å². The maximum atomic E-state index is 11.0. The number of hydrogen-bond acceptors (Lipinski definition) is 5. The second kappa shape index (κ2) is 6.80. The molecular weight excluding hydrogens is 234 g/mol. The van der Waals surface area contributed by atoms with Crippen LogP contribution in [0.2, 0.25) is 0 Å². The Morgan fingerprint density at radius 1 is 1.39 bits per heavy atom. The number of hydrogen-bond donors (Lipinski definition) is 2. The van der Waals surface area contributed by atoms with Gasteiger partial charge in [-0.3, -0.25) is 4.79 Å². The van der Waals surface area contributed by atoms with Crippen molar-refractivity contribution >= 4 is 11.6 Å². The van der Waals surface area contributed by atoms with Crippen molar-refractivity contribution in [2.75, 3.05) is 25.6 Å². The number of pyridine rings is 1. The molecule has 0 saturated heterocycles. The molecule has 1 heterocycles. The molecule has 0 saturated carbocycles. The fourth-order valence-electron chi connectivity index (χ4n) is 1.22. The molecule has 6 nitrogen and oxygen atoms in total. The molecule has 0 aliphatic rings. The molecule has 6 heteroatoms. The van der Waals surface area contributed by atoms with Crippen LogP contribution in [0.5, 0.6) is 5.88 Å². The molecule has 0 aromatic carbocycles. The van der Waals surface area contributed by atoms with E-state index in [2.05, 4.69) is 18.8 Å². The number of rotatable bonds is 7. The van der Waals surface area contributed by atoms with Crippen LogP contribution in [0.3, 0.4) is 0 Å². The van der Waals surface area contributed by atoms with Gasteiger partial charge in [-0.25, -0.2) is 4.98 Å². The lowest BCUT2D eigenvalue weighted by molar-refractivity contribution is 0.0806. The Morgan fingerprint density at radius 3 is 2.72 bits per heavy atom. The number of carbonyl (C=O) groups excluding carboxylic acids is 1. The molecule has 0 unspecified atom stereocenters. The van der Waals surface area contributed by atoms with Crippen molar-refractivity contribution in [2.24, 2.45) is 11.7 Å². The summed E-state index contributed by atoms with van der Waals surface area (Å²) in [6.07, 6.45) is 0. The molecule has 0 fully saturated rings. The zero-order valence-corrected chi connectivity index (χ0v) is 10.7. The molecule has 0 bridgehead atoms. The maximum absolute atomic E-state index is 11.0. The van der Waals surface area contributed by atoms with Crippen molar-refractivity contribution in [3.8, 4) is 5.88 Å². The van der Waals surface area contributed by atoms with Gasteiger partial charge in [0.1, 0.15) is 12.3 Å². The largest absolute Gasteiger partial charge is 0.474 e. The zero-order chi connectivity index (χ0) is 13.5. The summed E-state index contributed by atoms with van der Waals surface area (Å²) in [4.78, 5) is 14.9. The molecule has 1 aromatic rings. The van der Waals surface area contributed by atoms with E-state index < -0.39 is 5.91 Å². The highest BCUT2D eigenvalue weighted by Crippen LogP contribution is 2.18. The first-order chi connectivity index (χ1) is 8.50. The van der Waals surface area contributed by atoms with Crippen molar-refractivity contribution in [3.05, 3.63) is 17.8 Å². The van der Waals surface area contributed by atoms with E-state index >= 15 is 0 Å². The van der Waals surface area contributed by atoms with Crippen LogP contribution in [-0.2, 0) is 4.74 Å². The van der Waals surface area contributed by atoms with Gasteiger partial charge in [0.05, 0.1) is 12.3 Å². The van der Waals surface area contributed by atoms with Crippen molar-refractivity contribution in [2.45, 2.75) is 13.8 Å². The van der Waals surface area contributed by atoms with Crippen LogP contribution in [0.25, 0.3) is 0 Å². The highest BCUT2D eigenvalue weighted by molar-refractivity contribution is 5.91. The van der Waals surface area contributed by atoms with Gasteiger partial charge in [-0.05, 0) is 18.1 Å². The van der Waals surface area contributed by atoms with Gasteiger partial charge in [-0.15, -0.1) is 0 Å². The molecular formula is C12H19N3O3. The summed E-state index contributed by atoms with van der Waals surface area (Å²) in [5, 5.41) is 0. The number of aromatic nitrogens is 1. The van der Waals surface area contributed by atoms with Crippen LogP contribution in [0.1, 0.15) is 24.3 Å². The molecule has 0 aliphatic carbocycles. The number of ether oxygens (including phenoxy) is 2. The monoisotopic (exact) mass is 253 g/mol. The quantitative estimate of drug-likeness (QED) is 0.700. The molecule has 4 N–H and O–H groups in total. The molecule has 1 amide bonds. The van der Waals surface area contributed by atoms with E-state index in [0.717, 1.165) is 0 Å². The smallest absolute Gasteiger partial charge is 0.267 e. The Balaban J connectivity index is 2.46. The average Bonchev–Trinajstić information content (AvgIpc) is 2.30. The van der Waals surface area contributed by atoms with Crippen molar-refractivity contribution in [1.82, 2.24) is 4.98 Å². The lowest BCUT2D eigenvalue weighted by Gasteiger charge is -2.10. The highest BCUT2D eigenvalue weighted by atomic mass is 16.5. The maximum Gasteiger partial charge on any atom is 0.267 e. The van der Waals surface area contributed by atoms with Gasteiger partial charge in [0, 0.05) is 6.61 Å². The second-order valence-electron chi connectivity index (χ2n) is 4.27. The number of carbonyl (C=O) groups is 1. The summed E-state index contributed by atoms with van der Waals surface area (Å²) in [6.45, 7) is 5.58. The summed E-state index contributed by atoms with van der Waals surface area (Å²) in [5.74, 6) is 0.0711. The van der Waals surface area contributed by atoms with Crippen LogP contribution in [0.15, 0.2) is 12.1 Å². The van der Waals surface area contributed by atoms with E-state index in [-0.39, 0.29) is 11.6 Å². The molecule has 18 heavy (non-hydrogen) atoms. The first-order valence-corrected chi connectivity index (χ1v) is 5.77. The number of anilines is 1.